The number of aliphatic hydroxyl groups excluding tert-OH is 1. The Labute approximate surface area is 320 Å². The van der Waals surface area contributed by atoms with Crippen LogP contribution in [0.3, 0.4) is 0 Å². The van der Waals surface area contributed by atoms with Gasteiger partial charge in [0.05, 0.1) is 46.3 Å². The average Bonchev–Trinajstić information content (AvgIpc) is 3.76. The molecule has 2 aliphatic heterocycles. The van der Waals surface area contributed by atoms with Crippen molar-refractivity contribution in [3.05, 3.63) is 86.5 Å². The first-order chi connectivity index (χ1) is 25.8. The number of likely N-dealkylation sites (tertiary alicyclic amines) is 1. The largest absolute Gasteiger partial charge is 0.506 e. The number of ether oxygens (including phenoxy) is 3. The number of aromatic hydroxyl groups is 1. The molecule has 0 radical (unpaired) electrons. The van der Waals surface area contributed by atoms with Crippen molar-refractivity contribution in [1.82, 2.24) is 24.7 Å². The lowest BCUT2D eigenvalue weighted by molar-refractivity contribution is -0.127. The van der Waals surface area contributed by atoms with Crippen molar-refractivity contribution in [2.45, 2.75) is 57.5 Å². The highest BCUT2D eigenvalue weighted by Gasteiger charge is 2.41. The Kier molecular flexibility index (Phi) is 11.0. The summed E-state index contributed by atoms with van der Waals surface area (Å²) in [6, 6.07) is 18.3. The minimum Gasteiger partial charge on any atom is -0.506 e. The van der Waals surface area contributed by atoms with Crippen molar-refractivity contribution in [2.24, 2.45) is 0 Å². The summed E-state index contributed by atoms with van der Waals surface area (Å²) >= 11 is 2.33. The molecule has 0 aliphatic carbocycles. The van der Waals surface area contributed by atoms with E-state index in [0.717, 1.165) is 59.6 Å². The molecule has 1 atom stereocenters. The minimum absolute atomic E-state index is 0.0245. The molecule has 0 bridgehead atoms. The Balaban J connectivity index is 0.906. The quantitative estimate of drug-likeness (QED) is 0.159. The summed E-state index contributed by atoms with van der Waals surface area (Å²) in [6.45, 7) is 9.99. The summed E-state index contributed by atoms with van der Waals surface area (Å²) in [5.41, 5.74) is 1.25. The van der Waals surface area contributed by atoms with Gasteiger partial charge >= 0.3 is 11.0 Å². The summed E-state index contributed by atoms with van der Waals surface area (Å²) < 4.78 is 19.5. The summed E-state index contributed by atoms with van der Waals surface area (Å²) in [5.74, 6) is 0.583. The van der Waals surface area contributed by atoms with E-state index in [1.807, 2.05) is 53.4 Å². The van der Waals surface area contributed by atoms with E-state index in [4.69, 9.17) is 14.2 Å². The number of aliphatic hydroxyl groups is 1. The number of fused-ring (bicyclic) bond motifs is 2. The van der Waals surface area contributed by atoms with Crippen LogP contribution in [0, 0.1) is 0 Å². The number of piperidine rings is 1. The molecule has 13 nitrogen and oxygen atoms in total. The van der Waals surface area contributed by atoms with Gasteiger partial charge in [0.15, 0.2) is 5.01 Å². The Morgan fingerprint density at radius 1 is 1.06 bits per heavy atom. The van der Waals surface area contributed by atoms with Crippen LogP contribution >= 0.6 is 22.7 Å². The fraction of sp³-hybridized carbons (Fsp3) is 0.436. The van der Waals surface area contributed by atoms with Gasteiger partial charge in [-0.1, -0.05) is 41.7 Å². The Morgan fingerprint density at radius 2 is 1.81 bits per heavy atom. The minimum atomic E-state index is -1.14. The Morgan fingerprint density at radius 3 is 2.56 bits per heavy atom. The van der Waals surface area contributed by atoms with Crippen LogP contribution in [0.4, 0.5) is 4.79 Å². The van der Waals surface area contributed by atoms with Crippen molar-refractivity contribution in [3.63, 3.8) is 0 Å². The van der Waals surface area contributed by atoms with Crippen LogP contribution in [0.2, 0.25) is 0 Å². The Hall–Kier alpha value is -4.54. The van der Waals surface area contributed by atoms with Crippen LogP contribution in [0.5, 0.6) is 11.5 Å². The van der Waals surface area contributed by atoms with E-state index in [2.05, 4.69) is 14.9 Å². The summed E-state index contributed by atoms with van der Waals surface area (Å²) in [4.78, 5) is 51.2. The topological polar surface area (TPSA) is 158 Å². The molecule has 0 saturated carbocycles. The van der Waals surface area contributed by atoms with Crippen LogP contribution in [0.15, 0.2) is 65.5 Å². The number of aromatic amines is 1. The van der Waals surface area contributed by atoms with Crippen molar-refractivity contribution in [2.75, 3.05) is 52.5 Å². The third-order valence-electron chi connectivity index (χ3n) is 9.74. The number of thiazole rings is 2. The molecule has 4 heterocycles. The zero-order valence-electron chi connectivity index (χ0n) is 30.6. The fourth-order valence-electron chi connectivity index (χ4n) is 6.95. The predicted octanol–water partition coefficient (Wildman–Crippen LogP) is 5.76. The first-order valence-electron chi connectivity index (χ1n) is 18.1. The zero-order chi connectivity index (χ0) is 38.0. The average molecular weight is 776 g/mol. The van der Waals surface area contributed by atoms with Gasteiger partial charge in [0.1, 0.15) is 29.2 Å². The van der Waals surface area contributed by atoms with E-state index in [0.29, 0.717) is 47.3 Å². The van der Waals surface area contributed by atoms with Gasteiger partial charge in [-0.25, -0.2) is 9.78 Å². The van der Waals surface area contributed by atoms with E-state index < -0.39 is 17.8 Å². The SMILES string of the molecule is CC(C)(C)OC(=O)N(Cc1ccc(OCCN2CCC3(CC2)CN(C(=O)c2nc4ccccc4s2)CCO3)cc1)CC(O)c1ccc(O)c2[nH]c(=O)sc12. The molecule has 2 saturated heterocycles. The summed E-state index contributed by atoms with van der Waals surface area (Å²) in [5, 5.41) is 22.0. The van der Waals surface area contributed by atoms with Crippen LogP contribution in [0.1, 0.15) is 60.6 Å². The molecule has 15 heteroatoms. The molecular weight excluding hydrogens is 731 g/mol. The molecule has 5 aromatic rings. The number of phenolic OH excluding ortho intramolecular Hbond substituents is 1. The molecule has 2 aliphatic rings. The highest BCUT2D eigenvalue weighted by Crippen LogP contribution is 2.34. The second kappa shape index (κ2) is 15.7. The second-order valence-electron chi connectivity index (χ2n) is 14.8. The maximum absolute atomic E-state index is 13.4. The number of H-pyrrole nitrogens is 1. The summed E-state index contributed by atoms with van der Waals surface area (Å²) in [7, 11) is 0. The van der Waals surface area contributed by atoms with Crippen LogP contribution in [-0.4, -0.2) is 111 Å². The van der Waals surface area contributed by atoms with Gasteiger partial charge < -0.3 is 39.2 Å². The summed E-state index contributed by atoms with van der Waals surface area (Å²) in [6.07, 6.45) is -0.0717. The number of hydrogen-bond acceptors (Lipinski definition) is 12. The number of nitrogens with one attached hydrogen (secondary N) is 1. The molecule has 3 aromatic carbocycles. The van der Waals surface area contributed by atoms with Gasteiger partial charge in [-0.05, 0) is 69.5 Å². The molecule has 3 N–H and O–H groups in total. The standard InChI is InChI=1S/C39H45N5O8S2/c1-38(2,3)52-37(49)44(23-30(46)27-12-13-29(45)32-33(27)54-36(48)41-32)22-25-8-10-26(11-9-25)50-20-18-42-16-14-39(15-17-42)24-43(19-21-51-39)35(47)34-40-28-6-4-5-7-31(28)53-34/h4-13,30,45-46H,14-24H2,1-3H3,(H,41,48). The molecule has 1 unspecified atom stereocenters. The molecule has 286 valence electrons. The first-order valence-corrected chi connectivity index (χ1v) is 19.7. The number of benzene rings is 3. The van der Waals surface area contributed by atoms with Crippen molar-refractivity contribution in [1.29, 1.82) is 0 Å². The van der Waals surface area contributed by atoms with E-state index in [1.54, 1.807) is 26.8 Å². The van der Waals surface area contributed by atoms with E-state index in [-0.39, 0.29) is 40.7 Å². The van der Waals surface area contributed by atoms with E-state index in [9.17, 15) is 24.6 Å². The van der Waals surface area contributed by atoms with Crippen molar-refractivity contribution >= 4 is 55.1 Å². The number of para-hydroxylation sites is 1. The van der Waals surface area contributed by atoms with Gasteiger partial charge in [0.2, 0.25) is 0 Å². The number of carbonyl (C=O) groups is 2. The number of morpholine rings is 1. The molecule has 2 aromatic heterocycles. The monoisotopic (exact) mass is 775 g/mol. The number of rotatable bonds is 10. The second-order valence-corrected chi connectivity index (χ2v) is 16.9. The number of amides is 2. The number of phenols is 1. The molecule has 7 rings (SSSR count). The lowest BCUT2D eigenvalue weighted by Crippen LogP contribution is -2.58. The third kappa shape index (κ3) is 8.71. The predicted molar refractivity (Wildman–Crippen MR) is 208 cm³/mol. The van der Waals surface area contributed by atoms with Gasteiger partial charge in [-0.2, -0.15) is 0 Å². The fourth-order valence-corrected chi connectivity index (χ4v) is 8.80. The number of hydrogen-bond donors (Lipinski definition) is 3. The van der Waals surface area contributed by atoms with Crippen LogP contribution < -0.4 is 9.61 Å². The highest BCUT2D eigenvalue weighted by atomic mass is 32.1. The molecule has 2 fully saturated rings. The Bertz CT molecular complexity index is 2130. The third-order valence-corrected chi connectivity index (χ3v) is 11.7. The van der Waals surface area contributed by atoms with Crippen molar-refractivity contribution < 1.29 is 34.0 Å². The van der Waals surface area contributed by atoms with E-state index >= 15 is 0 Å². The highest BCUT2D eigenvalue weighted by molar-refractivity contribution is 7.20. The lowest BCUT2D eigenvalue weighted by atomic mass is 9.89. The van der Waals surface area contributed by atoms with Crippen LogP contribution in [-0.2, 0) is 16.0 Å². The molecule has 54 heavy (non-hydrogen) atoms. The van der Waals surface area contributed by atoms with Gasteiger partial charge in [0, 0.05) is 38.3 Å². The maximum atomic E-state index is 13.4. The molecule has 2 amide bonds. The molecule has 1 spiro atoms. The number of aromatic nitrogens is 2. The normalized spacial score (nSPS) is 16.9. The van der Waals surface area contributed by atoms with Crippen LogP contribution in [0.25, 0.3) is 20.4 Å². The van der Waals surface area contributed by atoms with E-state index in [1.165, 1.54) is 22.3 Å². The lowest BCUT2D eigenvalue weighted by Gasteiger charge is -2.47. The number of nitrogens with zero attached hydrogens (tertiary/aromatic N) is 4. The van der Waals surface area contributed by atoms with Gasteiger partial charge in [-0.3, -0.25) is 14.5 Å². The maximum Gasteiger partial charge on any atom is 0.410 e. The smallest absolute Gasteiger partial charge is 0.410 e. The van der Waals surface area contributed by atoms with Gasteiger partial charge in [-0.15, -0.1) is 11.3 Å². The number of carbonyl (C=O) groups excluding carboxylic acids is 2. The zero-order valence-corrected chi connectivity index (χ0v) is 32.2. The first kappa shape index (κ1) is 37.8. The van der Waals surface area contributed by atoms with Gasteiger partial charge in [0.25, 0.3) is 5.91 Å². The molecular formula is C39H45N5O8S2. The van der Waals surface area contributed by atoms with Crippen molar-refractivity contribution in [3.8, 4) is 11.5 Å².